The molecule has 1 heterocycles. The van der Waals surface area contributed by atoms with Crippen LogP contribution >= 0.6 is 0 Å². The predicted molar refractivity (Wildman–Crippen MR) is 67.3 cm³/mol. The van der Waals surface area contributed by atoms with Crippen LogP contribution in [0.15, 0.2) is 12.1 Å². The summed E-state index contributed by atoms with van der Waals surface area (Å²) in [7, 11) is 0. The molecular formula is C13H20N2O2. The normalized spacial score (nSPS) is 13.1. The topological polar surface area (TPSA) is 70.5 Å². The van der Waals surface area contributed by atoms with Crippen molar-refractivity contribution in [2.75, 3.05) is 19.9 Å². The Morgan fingerprint density at radius 3 is 1.76 bits per heavy atom. The third kappa shape index (κ3) is 2.70. The fraction of sp³-hybridized carbons (Fsp3) is 0.538. The minimum Gasteiger partial charge on any atom is -0.453 e. The van der Waals surface area contributed by atoms with Gasteiger partial charge in [0.05, 0.1) is 0 Å². The van der Waals surface area contributed by atoms with Gasteiger partial charge in [0.25, 0.3) is 0 Å². The van der Waals surface area contributed by atoms with Crippen molar-refractivity contribution in [3.8, 4) is 11.5 Å². The van der Waals surface area contributed by atoms with Crippen LogP contribution < -0.4 is 20.9 Å². The van der Waals surface area contributed by atoms with Crippen molar-refractivity contribution in [2.45, 2.75) is 25.7 Å². The number of hydrogen-bond donors (Lipinski definition) is 2. The zero-order chi connectivity index (χ0) is 12.1. The van der Waals surface area contributed by atoms with Gasteiger partial charge in [0.1, 0.15) is 0 Å². The highest BCUT2D eigenvalue weighted by Gasteiger charge is 2.20. The number of ether oxygens (including phenoxy) is 2. The Morgan fingerprint density at radius 1 is 0.882 bits per heavy atom. The van der Waals surface area contributed by atoms with Crippen molar-refractivity contribution in [1.82, 2.24) is 0 Å². The van der Waals surface area contributed by atoms with Crippen molar-refractivity contribution < 1.29 is 9.47 Å². The summed E-state index contributed by atoms with van der Waals surface area (Å²) in [5, 5.41) is 0. The van der Waals surface area contributed by atoms with Gasteiger partial charge < -0.3 is 20.9 Å². The molecule has 2 rings (SSSR count). The SMILES string of the molecule is NCCCc1ccc(CCCN)c2c1OCO2. The molecule has 1 aromatic rings. The summed E-state index contributed by atoms with van der Waals surface area (Å²) in [4.78, 5) is 0. The molecule has 0 aliphatic carbocycles. The molecule has 4 heteroatoms. The highest BCUT2D eigenvalue weighted by atomic mass is 16.7. The zero-order valence-corrected chi connectivity index (χ0v) is 10.1. The molecule has 4 N–H and O–H groups in total. The molecule has 1 aromatic carbocycles. The van der Waals surface area contributed by atoms with Gasteiger partial charge in [-0.3, -0.25) is 0 Å². The molecule has 1 aliphatic heterocycles. The Kier molecular flexibility index (Phi) is 4.23. The van der Waals surface area contributed by atoms with Gasteiger partial charge in [0.15, 0.2) is 11.5 Å². The molecule has 17 heavy (non-hydrogen) atoms. The minimum absolute atomic E-state index is 0.324. The van der Waals surface area contributed by atoms with E-state index in [1.807, 2.05) is 0 Å². The first-order valence-corrected chi connectivity index (χ1v) is 6.17. The van der Waals surface area contributed by atoms with Gasteiger partial charge >= 0.3 is 0 Å². The van der Waals surface area contributed by atoms with Crippen LogP contribution in [0.2, 0.25) is 0 Å². The molecule has 0 unspecified atom stereocenters. The third-order valence-electron chi connectivity index (χ3n) is 2.98. The lowest BCUT2D eigenvalue weighted by molar-refractivity contribution is 0.172. The minimum atomic E-state index is 0.324. The molecule has 0 spiro atoms. The van der Waals surface area contributed by atoms with Gasteiger partial charge in [-0.1, -0.05) is 12.1 Å². The standard InChI is InChI=1S/C13H20N2O2/c14-7-1-3-10-5-6-11(4-2-8-15)13-12(10)16-9-17-13/h5-6H,1-4,7-9,14-15H2. The Bertz CT molecular complexity index is 345. The van der Waals surface area contributed by atoms with Crippen molar-refractivity contribution in [1.29, 1.82) is 0 Å². The largest absolute Gasteiger partial charge is 0.453 e. The van der Waals surface area contributed by atoms with E-state index >= 15 is 0 Å². The van der Waals surface area contributed by atoms with Gasteiger partial charge in [-0.05, 0) is 49.9 Å². The molecule has 94 valence electrons. The van der Waals surface area contributed by atoms with E-state index in [1.54, 1.807) is 0 Å². The Labute approximate surface area is 102 Å². The molecule has 0 saturated heterocycles. The quantitative estimate of drug-likeness (QED) is 0.778. The highest BCUT2D eigenvalue weighted by Crippen LogP contribution is 2.39. The maximum atomic E-state index is 5.55. The lowest BCUT2D eigenvalue weighted by Crippen LogP contribution is -2.02. The second kappa shape index (κ2) is 5.89. The predicted octanol–water partition coefficient (Wildman–Crippen LogP) is 1.20. The van der Waals surface area contributed by atoms with Gasteiger partial charge in [0.2, 0.25) is 6.79 Å². The van der Waals surface area contributed by atoms with E-state index in [0.717, 1.165) is 37.2 Å². The molecule has 4 nitrogen and oxygen atoms in total. The van der Waals surface area contributed by atoms with Crippen molar-refractivity contribution in [3.63, 3.8) is 0 Å². The molecule has 0 saturated carbocycles. The van der Waals surface area contributed by atoms with E-state index in [2.05, 4.69) is 12.1 Å². The Hall–Kier alpha value is -1.26. The second-order valence-corrected chi connectivity index (χ2v) is 4.23. The van der Waals surface area contributed by atoms with Crippen LogP contribution in [0.3, 0.4) is 0 Å². The summed E-state index contributed by atoms with van der Waals surface area (Å²) < 4.78 is 11.1. The molecule has 1 aliphatic rings. The van der Waals surface area contributed by atoms with Gasteiger partial charge in [-0.2, -0.15) is 0 Å². The van der Waals surface area contributed by atoms with Crippen LogP contribution in [0.4, 0.5) is 0 Å². The van der Waals surface area contributed by atoms with Gasteiger partial charge in [-0.15, -0.1) is 0 Å². The Balaban J connectivity index is 2.19. The third-order valence-corrected chi connectivity index (χ3v) is 2.98. The van der Waals surface area contributed by atoms with Gasteiger partial charge in [-0.25, -0.2) is 0 Å². The average Bonchev–Trinajstić information content (AvgIpc) is 2.83. The number of benzene rings is 1. The van der Waals surface area contributed by atoms with Gasteiger partial charge in [0, 0.05) is 0 Å². The number of hydrogen-bond acceptors (Lipinski definition) is 4. The smallest absolute Gasteiger partial charge is 0.231 e. The maximum Gasteiger partial charge on any atom is 0.231 e. The molecule has 0 atom stereocenters. The zero-order valence-electron chi connectivity index (χ0n) is 10.1. The molecule has 0 radical (unpaired) electrons. The molecule has 0 aromatic heterocycles. The number of aryl methyl sites for hydroxylation is 2. The van der Waals surface area contributed by atoms with E-state index in [0.29, 0.717) is 19.9 Å². The number of fused-ring (bicyclic) bond motifs is 1. The molecule has 0 fully saturated rings. The Morgan fingerprint density at radius 2 is 1.35 bits per heavy atom. The fourth-order valence-electron chi connectivity index (χ4n) is 2.09. The maximum absolute atomic E-state index is 5.55. The lowest BCUT2D eigenvalue weighted by atomic mass is 10.0. The van der Waals surface area contributed by atoms with Crippen LogP contribution in [-0.2, 0) is 12.8 Å². The van der Waals surface area contributed by atoms with E-state index < -0.39 is 0 Å². The number of nitrogens with two attached hydrogens (primary N) is 2. The first-order valence-electron chi connectivity index (χ1n) is 6.17. The second-order valence-electron chi connectivity index (χ2n) is 4.23. The average molecular weight is 236 g/mol. The van der Waals surface area contributed by atoms with Crippen LogP contribution in [0.5, 0.6) is 11.5 Å². The van der Waals surface area contributed by atoms with Crippen LogP contribution in [-0.4, -0.2) is 19.9 Å². The monoisotopic (exact) mass is 236 g/mol. The summed E-state index contributed by atoms with van der Waals surface area (Å²) in [5.74, 6) is 1.82. The first kappa shape index (κ1) is 12.2. The summed E-state index contributed by atoms with van der Waals surface area (Å²) in [6.07, 6.45) is 3.83. The highest BCUT2D eigenvalue weighted by molar-refractivity contribution is 5.53. The lowest BCUT2D eigenvalue weighted by Gasteiger charge is -2.09. The number of rotatable bonds is 6. The summed E-state index contributed by atoms with van der Waals surface area (Å²) >= 11 is 0. The van der Waals surface area contributed by atoms with E-state index in [-0.39, 0.29) is 0 Å². The molecular weight excluding hydrogens is 216 g/mol. The summed E-state index contributed by atoms with van der Waals surface area (Å²) in [6.45, 7) is 1.72. The first-order chi connectivity index (χ1) is 8.36. The van der Waals surface area contributed by atoms with Crippen molar-refractivity contribution in [3.05, 3.63) is 23.3 Å². The van der Waals surface area contributed by atoms with Crippen molar-refractivity contribution >= 4 is 0 Å². The van der Waals surface area contributed by atoms with E-state index in [4.69, 9.17) is 20.9 Å². The van der Waals surface area contributed by atoms with Crippen LogP contribution in [0.1, 0.15) is 24.0 Å². The van der Waals surface area contributed by atoms with E-state index in [1.165, 1.54) is 11.1 Å². The summed E-state index contributed by atoms with van der Waals surface area (Å²) in [6, 6.07) is 4.24. The van der Waals surface area contributed by atoms with E-state index in [9.17, 15) is 0 Å². The van der Waals surface area contributed by atoms with Crippen molar-refractivity contribution in [2.24, 2.45) is 11.5 Å². The van der Waals surface area contributed by atoms with Crippen LogP contribution in [0, 0.1) is 0 Å². The van der Waals surface area contributed by atoms with Crippen LogP contribution in [0.25, 0.3) is 0 Å². The molecule has 0 amide bonds. The molecule has 0 bridgehead atoms. The summed E-state index contributed by atoms with van der Waals surface area (Å²) in [5.41, 5.74) is 13.5. The fourth-order valence-corrected chi connectivity index (χ4v) is 2.09.